The lowest BCUT2D eigenvalue weighted by atomic mass is 9.85. The molecule has 162 valence electrons. The molecule has 3 N–H and O–H groups in total. The van der Waals surface area contributed by atoms with Crippen molar-refractivity contribution in [2.24, 2.45) is 5.92 Å². The highest BCUT2D eigenvalue weighted by Crippen LogP contribution is 2.28. The third-order valence-electron chi connectivity index (χ3n) is 5.02. The van der Waals surface area contributed by atoms with Crippen molar-refractivity contribution >= 4 is 29.0 Å². The zero-order valence-electron chi connectivity index (χ0n) is 18.0. The monoisotopic (exact) mass is 421 g/mol. The van der Waals surface area contributed by atoms with E-state index in [0.29, 0.717) is 10.9 Å². The molecule has 1 saturated carbocycles. The summed E-state index contributed by atoms with van der Waals surface area (Å²) >= 11 is 5.58. The van der Waals surface area contributed by atoms with Crippen LogP contribution in [0.5, 0.6) is 5.75 Å². The van der Waals surface area contributed by atoms with Crippen LogP contribution in [0, 0.1) is 5.92 Å². The number of thiocarbonyl (C=S) groups is 1. The normalized spacial score (nSPS) is 15.9. The maximum absolute atomic E-state index is 12.3. The topological polar surface area (TPSA) is 71.6 Å². The molecule has 0 saturated heterocycles. The van der Waals surface area contributed by atoms with Gasteiger partial charge in [-0.15, -0.1) is 0 Å². The molecule has 1 unspecified atom stereocenters. The van der Waals surface area contributed by atoms with E-state index in [1.165, 1.54) is 32.1 Å². The summed E-state index contributed by atoms with van der Waals surface area (Å²) in [5.41, 5.74) is 6.47. The van der Waals surface area contributed by atoms with Crippen LogP contribution in [-0.4, -0.2) is 29.8 Å². The summed E-state index contributed by atoms with van der Waals surface area (Å²) < 4.78 is 10.6. The number of benzene rings is 1. The minimum Gasteiger partial charge on any atom is -0.497 e. The van der Waals surface area contributed by atoms with Crippen molar-refractivity contribution in [1.29, 1.82) is 0 Å². The van der Waals surface area contributed by atoms with E-state index in [1.54, 1.807) is 7.11 Å². The van der Waals surface area contributed by atoms with Crippen LogP contribution in [0.1, 0.15) is 65.7 Å². The van der Waals surface area contributed by atoms with Crippen molar-refractivity contribution in [3.63, 3.8) is 0 Å². The Morgan fingerprint density at radius 2 is 1.83 bits per heavy atom. The average molecular weight is 422 g/mol. The molecule has 2 rings (SSSR count). The largest absolute Gasteiger partial charge is 0.497 e. The molecule has 0 heterocycles. The fraction of sp³-hybridized carbons (Fsp3) is 0.636. The zero-order chi connectivity index (χ0) is 21.3. The lowest BCUT2D eigenvalue weighted by molar-refractivity contribution is 0.0514. The van der Waals surface area contributed by atoms with Gasteiger partial charge in [-0.1, -0.05) is 44.3 Å². The predicted molar refractivity (Wildman–Crippen MR) is 121 cm³/mol. The first-order valence-corrected chi connectivity index (χ1v) is 10.9. The predicted octanol–water partition coefficient (Wildman–Crippen LogP) is 5.19. The molecule has 7 heteroatoms. The summed E-state index contributed by atoms with van der Waals surface area (Å²) in [5.74, 6) is 1.50. The van der Waals surface area contributed by atoms with E-state index < -0.39 is 11.7 Å². The van der Waals surface area contributed by atoms with Crippen molar-refractivity contribution in [1.82, 2.24) is 10.7 Å². The van der Waals surface area contributed by atoms with Crippen molar-refractivity contribution in [2.75, 3.05) is 12.5 Å². The quantitative estimate of drug-likeness (QED) is 0.396. The van der Waals surface area contributed by atoms with Crippen LogP contribution in [0.15, 0.2) is 24.3 Å². The number of rotatable bonds is 8. The summed E-state index contributed by atoms with van der Waals surface area (Å²) in [6.45, 7) is 5.56. The van der Waals surface area contributed by atoms with E-state index in [2.05, 4.69) is 16.2 Å². The third-order valence-corrected chi connectivity index (χ3v) is 5.40. The van der Waals surface area contributed by atoms with Gasteiger partial charge in [-0.25, -0.2) is 4.79 Å². The molecule has 0 aliphatic heterocycles. The Bertz CT molecular complexity index is 652. The van der Waals surface area contributed by atoms with Crippen LogP contribution < -0.4 is 20.9 Å². The molecule has 0 bridgehead atoms. The highest BCUT2D eigenvalue weighted by Gasteiger charge is 2.24. The molecule has 1 amide bonds. The van der Waals surface area contributed by atoms with Gasteiger partial charge in [0.05, 0.1) is 18.8 Å². The number of hydrazine groups is 1. The summed E-state index contributed by atoms with van der Waals surface area (Å²) in [5, 5.41) is 2.94. The van der Waals surface area contributed by atoms with Crippen molar-refractivity contribution < 1.29 is 14.3 Å². The Kier molecular flexibility index (Phi) is 9.01. The number of hydrogen-bond donors (Lipinski definition) is 3. The van der Waals surface area contributed by atoms with Crippen LogP contribution in [-0.2, 0) is 4.74 Å². The Hall–Kier alpha value is -2.02. The molecule has 29 heavy (non-hydrogen) atoms. The van der Waals surface area contributed by atoms with Gasteiger partial charge in [0.15, 0.2) is 0 Å². The van der Waals surface area contributed by atoms with Crippen LogP contribution in [0.4, 0.5) is 10.5 Å². The summed E-state index contributed by atoms with van der Waals surface area (Å²) in [7, 11) is 1.63. The summed E-state index contributed by atoms with van der Waals surface area (Å²) in [6, 6.07) is 7.24. The van der Waals surface area contributed by atoms with E-state index in [9.17, 15) is 4.79 Å². The Morgan fingerprint density at radius 1 is 1.17 bits per heavy atom. The zero-order valence-corrected chi connectivity index (χ0v) is 18.9. The molecule has 1 fully saturated rings. The molecular formula is C22H35N3O3S. The molecule has 1 atom stereocenters. The smallest absolute Gasteiger partial charge is 0.408 e. The van der Waals surface area contributed by atoms with Gasteiger partial charge in [0, 0.05) is 0 Å². The lowest BCUT2D eigenvalue weighted by Gasteiger charge is -2.27. The first-order valence-electron chi connectivity index (χ1n) is 10.5. The van der Waals surface area contributed by atoms with Gasteiger partial charge >= 0.3 is 6.09 Å². The lowest BCUT2D eigenvalue weighted by Crippen LogP contribution is -2.48. The van der Waals surface area contributed by atoms with Gasteiger partial charge in [-0.2, -0.15) is 0 Å². The average Bonchev–Trinajstić information content (AvgIpc) is 2.69. The molecule has 1 aromatic carbocycles. The molecule has 1 aliphatic carbocycles. The van der Waals surface area contributed by atoms with E-state index >= 15 is 0 Å². The minimum absolute atomic E-state index is 0.285. The minimum atomic E-state index is -0.547. The fourth-order valence-corrected chi connectivity index (χ4v) is 3.72. The van der Waals surface area contributed by atoms with E-state index in [-0.39, 0.29) is 6.04 Å². The Morgan fingerprint density at radius 3 is 2.41 bits per heavy atom. The molecule has 1 aliphatic rings. The second kappa shape index (κ2) is 11.2. The van der Waals surface area contributed by atoms with Crippen LogP contribution in [0.2, 0.25) is 0 Å². The molecule has 1 aromatic rings. The number of alkyl carbamates (subject to hydrolysis) is 1. The number of carbonyl (C=O) groups is 1. The first-order chi connectivity index (χ1) is 13.8. The highest BCUT2D eigenvalue weighted by atomic mass is 32.1. The van der Waals surface area contributed by atoms with E-state index in [4.69, 9.17) is 21.7 Å². The standard InChI is InChI=1S/C22H35N3O3S/c1-22(2,3)28-21(26)23-19(15-10-16-8-6-5-7-9-16)20(29)25-24-17-11-13-18(27-4)14-12-17/h11-14,16,19,24H,5-10,15H2,1-4H3,(H,23,26)(H,25,29). The van der Waals surface area contributed by atoms with Crippen molar-refractivity contribution in [3.8, 4) is 5.75 Å². The van der Waals surface area contributed by atoms with Gasteiger partial charge < -0.3 is 20.2 Å². The maximum atomic E-state index is 12.3. The fourth-order valence-electron chi connectivity index (χ4n) is 3.49. The third kappa shape index (κ3) is 8.90. The molecule has 0 radical (unpaired) electrons. The first kappa shape index (κ1) is 23.3. The van der Waals surface area contributed by atoms with Gasteiger partial charge in [0.2, 0.25) is 0 Å². The van der Waals surface area contributed by atoms with Crippen LogP contribution in [0.3, 0.4) is 0 Å². The van der Waals surface area contributed by atoms with Crippen LogP contribution >= 0.6 is 12.2 Å². The van der Waals surface area contributed by atoms with Gasteiger partial charge in [0.1, 0.15) is 16.3 Å². The Labute approximate surface area is 180 Å². The molecule has 6 nitrogen and oxygen atoms in total. The summed E-state index contributed by atoms with van der Waals surface area (Å²) in [4.78, 5) is 12.9. The maximum Gasteiger partial charge on any atom is 0.408 e. The molecule has 0 aromatic heterocycles. The van der Waals surface area contributed by atoms with Crippen LogP contribution in [0.25, 0.3) is 0 Å². The number of anilines is 1. The van der Waals surface area contributed by atoms with Crippen molar-refractivity contribution in [2.45, 2.75) is 77.4 Å². The van der Waals surface area contributed by atoms with Gasteiger partial charge in [-0.3, -0.25) is 5.43 Å². The number of methoxy groups -OCH3 is 1. The highest BCUT2D eigenvalue weighted by molar-refractivity contribution is 7.80. The number of hydrogen-bond acceptors (Lipinski definition) is 5. The van der Waals surface area contributed by atoms with E-state index in [1.807, 2.05) is 45.0 Å². The summed E-state index contributed by atoms with van der Waals surface area (Å²) in [6.07, 6.45) is 7.87. The van der Waals surface area contributed by atoms with Gasteiger partial charge in [0.25, 0.3) is 0 Å². The number of nitrogens with one attached hydrogen (secondary N) is 3. The second-order valence-corrected chi connectivity index (χ2v) is 9.06. The van der Waals surface area contributed by atoms with Gasteiger partial charge in [-0.05, 0) is 63.8 Å². The van der Waals surface area contributed by atoms with Crippen molar-refractivity contribution in [3.05, 3.63) is 24.3 Å². The molecule has 0 spiro atoms. The second-order valence-electron chi connectivity index (χ2n) is 8.62. The Balaban J connectivity index is 1.93. The molecular weight excluding hydrogens is 386 g/mol. The SMILES string of the molecule is COc1ccc(NNC(=S)C(CCC2CCCCC2)NC(=O)OC(C)(C)C)cc1. The number of ether oxygens (including phenoxy) is 2. The van der Waals surface area contributed by atoms with E-state index in [0.717, 1.165) is 24.3 Å². The number of carbonyl (C=O) groups excluding carboxylic acids is 1. The number of amides is 1.